The van der Waals surface area contributed by atoms with Crippen LogP contribution in [0.15, 0.2) is 42.7 Å². The quantitative estimate of drug-likeness (QED) is 0.825. The SMILES string of the molecule is CCCn1ccc(CNc2ccccc2C(C)(C)C)c1. The Morgan fingerprint density at radius 1 is 1.10 bits per heavy atom. The average Bonchev–Trinajstić information content (AvgIpc) is 2.84. The van der Waals surface area contributed by atoms with Crippen molar-refractivity contribution in [2.24, 2.45) is 0 Å². The summed E-state index contributed by atoms with van der Waals surface area (Å²) in [6, 6.07) is 10.8. The molecule has 20 heavy (non-hydrogen) atoms. The van der Waals surface area contributed by atoms with Crippen LogP contribution in [0.1, 0.15) is 45.2 Å². The molecule has 1 N–H and O–H groups in total. The standard InChI is InChI=1S/C18H26N2/c1-5-11-20-12-10-15(14-20)13-19-17-9-7-6-8-16(17)18(2,3)4/h6-10,12,14,19H,5,11,13H2,1-4H3. The van der Waals surface area contributed by atoms with E-state index in [1.165, 1.54) is 23.2 Å². The van der Waals surface area contributed by atoms with E-state index >= 15 is 0 Å². The first-order valence-electron chi connectivity index (χ1n) is 7.48. The summed E-state index contributed by atoms with van der Waals surface area (Å²) in [5, 5.41) is 3.58. The first kappa shape index (κ1) is 14.7. The van der Waals surface area contributed by atoms with E-state index in [1.54, 1.807) is 0 Å². The summed E-state index contributed by atoms with van der Waals surface area (Å²) in [6.45, 7) is 10.9. The molecule has 1 aromatic heterocycles. The van der Waals surface area contributed by atoms with Crippen molar-refractivity contribution in [3.05, 3.63) is 53.9 Å². The topological polar surface area (TPSA) is 17.0 Å². The highest BCUT2D eigenvalue weighted by Gasteiger charge is 2.17. The highest BCUT2D eigenvalue weighted by molar-refractivity contribution is 5.54. The molecule has 0 saturated carbocycles. The molecule has 2 heteroatoms. The molecule has 0 radical (unpaired) electrons. The molecule has 0 aliphatic rings. The molecule has 1 heterocycles. The first-order valence-corrected chi connectivity index (χ1v) is 7.48. The molecule has 0 amide bonds. The zero-order chi connectivity index (χ0) is 14.6. The lowest BCUT2D eigenvalue weighted by Gasteiger charge is -2.23. The van der Waals surface area contributed by atoms with Crippen LogP contribution in [0, 0.1) is 0 Å². The minimum Gasteiger partial charge on any atom is -0.381 e. The second-order valence-electron chi connectivity index (χ2n) is 6.41. The summed E-state index contributed by atoms with van der Waals surface area (Å²) >= 11 is 0. The second kappa shape index (κ2) is 6.17. The largest absolute Gasteiger partial charge is 0.381 e. The number of para-hydroxylation sites is 1. The van der Waals surface area contributed by atoms with Crippen LogP contribution in [0.2, 0.25) is 0 Å². The smallest absolute Gasteiger partial charge is 0.0415 e. The Bertz CT molecular complexity index is 547. The molecule has 0 fully saturated rings. The predicted molar refractivity (Wildman–Crippen MR) is 87.2 cm³/mol. The van der Waals surface area contributed by atoms with Crippen molar-refractivity contribution in [2.45, 2.75) is 52.6 Å². The highest BCUT2D eigenvalue weighted by atomic mass is 14.9. The van der Waals surface area contributed by atoms with Crippen molar-refractivity contribution >= 4 is 5.69 Å². The number of hydrogen-bond donors (Lipinski definition) is 1. The lowest BCUT2D eigenvalue weighted by molar-refractivity contribution is 0.591. The van der Waals surface area contributed by atoms with Gasteiger partial charge in [-0.2, -0.15) is 0 Å². The van der Waals surface area contributed by atoms with Crippen LogP contribution in [-0.4, -0.2) is 4.57 Å². The summed E-state index contributed by atoms with van der Waals surface area (Å²) in [4.78, 5) is 0. The Morgan fingerprint density at radius 3 is 2.55 bits per heavy atom. The molecule has 1 aromatic carbocycles. The Morgan fingerprint density at radius 2 is 1.85 bits per heavy atom. The van der Waals surface area contributed by atoms with Gasteiger partial charge in [0.2, 0.25) is 0 Å². The number of rotatable bonds is 5. The monoisotopic (exact) mass is 270 g/mol. The zero-order valence-electron chi connectivity index (χ0n) is 13.1. The molecule has 2 aromatic rings. The van der Waals surface area contributed by atoms with Gasteiger partial charge in [-0.15, -0.1) is 0 Å². The van der Waals surface area contributed by atoms with Gasteiger partial charge >= 0.3 is 0 Å². The Hall–Kier alpha value is -1.70. The van der Waals surface area contributed by atoms with Crippen LogP contribution in [-0.2, 0) is 18.5 Å². The van der Waals surface area contributed by atoms with E-state index in [2.05, 4.69) is 80.3 Å². The van der Waals surface area contributed by atoms with E-state index in [0.717, 1.165) is 13.1 Å². The van der Waals surface area contributed by atoms with E-state index < -0.39 is 0 Å². The fraction of sp³-hybridized carbons (Fsp3) is 0.444. The van der Waals surface area contributed by atoms with E-state index in [1.807, 2.05) is 0 Å². The van der Waals surface area contributed by atoms with Crippen LogP contribution >= 0.6 is 0 Å². The molecule has 0 spiro atoms. The summed E-state index contributed by atoms with van der Waals surface area (Å²) in [5.41, 5.74) is 4.11. The van der Waals surface area contributed by atoms with Gasteiger partial charge in [-0.25, -0.2) is 0 Å². The van der Waals surface area contributed by atoms with Gasteiger partial charge in [0, 0.05) is 31.2 Å². The summed E-state index contributed by atoms with van der Waals surface area (Å²) < 4.78 is 2.26. The minimum atomic E-state index is 0.164. The van der Waals surface area contributed by atoms with Crippen molar-refractivity contribution in [3.63, 3.8) is 0 Å². The fourth-order valence-electron chi connectivity index (χ4n) is 2.48. The van der Waals surface area contributed by atoms with Crippen LogP contribution in [0.3, 0.4) is 0 Å². The predicted octanol–water partition coefficient (Wildman–Crippen LogP) is 4.81. The van der Waals surface area contributed by atoms with Gasteiger partial charge in [-0.1, -0.05) is 45.9 Å². The maximum Gasteiger partial charge on any atom is 0.0415 e. The van der Waals surface area contributed by atoms with Crippen LogP contribution in [0.25, 0.3) is 0 Å². The van der Waals surface area contributed by atoms with Crippen molar-refractivity contribution < 1.29 is 0 Å². The van der Waals surface area contributed by atoms with Crippen LogP contribution in [0.5, 0.6) is 0 Å². The fourth-order valence-corrected chi connectivity index (χ4v) is 2.48. The molecule has 0 aliphatic heterocycles. The van der Waals surface area contributed by atoms with E-state index in [4.69, 9.17) is 0 Å². The van der Waals surface area contributed by atoms with E-state index in [9.17, 15) is 0 Å². The number of anilines is 1. The van der Waals surface area contributed by atoms with Crippen molar-refractivity contribution in [1.82, 2.24) is 4.57 Å². The average molecular weight is 270 g/mol. The Labute approximate surface area is 122 Å². The molecule has 0 saturated heterocycles. The van der Waals surface area contributed by atoms with Crippen molar-refractivity contribution in [2.75, 3.05) is 5.32 Å². The number of aromatic nitrogens is 1. The molecular formula is C18H26N2. The zero-order valence-corrected chi connectivity index (χ0v) is 13.1. The molecule has 0 atom stereocenters. The number of hydrogen-bond acceptors (Lipinski definition) is 1. The molecular weight excluding hydrogens is 244 g/mol. The summed E-state index contributed by atoms with van der Waals surface area (Å²) in [5.74, 6) is 0. The lowest BCUT2D eigenvalue weighted by atomic mass is 9.86. The van der Waals surface area contributed by atoms with Gasteiger partial charge in [-0.05, 0) is 35.1 Å². The first-order chi connectivity index (χ1) is 9.50. The van der Waals surface area contributed by atoms with Gasteiger partial charge < -0.3 is 9.88 Å². The Balaban J connectivity index is 2.07. The number of nitrogens with zero attached hydrogens (tertiary/aromatic N) is 1. The molecule has 0 bridgehead atoms. The maximum atomic E-state index is 3.58. The molecule has 108 valence electrons. The maximum absolute atomic E-state index is 3.58. The highest BCUT2D eigenvalue weighted by Crippen LogP contribution is 2.29. The van der Waals surface area contributed by atoms with Crippen molar-refractivity contribution in [1.29, 1.82) is 0 Å². The molecule has 0 aliphatic carbocycles. The molecule has 2 rings (SSSR count). The third-order valence-electron chi connectivity index (χ3n) is 3.51. The number of nitrogens with one attached hydrogen (secondary N) is 1. The van der Waals surface area contributed by atoms with Gasteiger partial charge in [0.25, 0.3) is 0 Å². The normalized spacial score (nSPS) is 11.6. The third-order valence-corrected chi connectivity index (χ3v) is 3.51. The van der Waals surface area contributed by atoms with Gasteiger partial charge in [-0.3, -0.25) is 0 Å². The van der Waals surface area contributed by atoms with E-state index in [-0.39, 0.29) is 5.41 Å². The Kier molecular flexibility index (Phi) is 4.53. The molecule has 2 nitrogen and oxygen atoms in total. The summed E-state index contributed by atoms with van der Waals surface area (Å²) in [7, 11) is 0. The van der Waals surface area contributed by atoms with Gasteiger partial charge in [0.15, 0.2) is 0 Å². The number of benzene rings is 1. The second-order valence-corrected chi connectivity index (χ2v) is 6.41. The van der Waals surface area contributed by atoms with Crippen molar-refractivity contribution in [3.8, 4) is 0 Å². The van der Waals surface area contributed by atoms with Crippen LogP contribution < -0.4 is 5.32 Å². The minimum absolute atomic E-state index is 0.164. The van der Waals surface area contributed by atoms with Gasteiger partial charge in [0.05, 0.1) is 0 Å². The van der Waals surface area contributed by atoms with E-state index in [0.29, 0.717) is 0 Å². The lowest BCUT2D eigenvalue weighted by Crippen LogP contribution is -2.14. The number of aryl methyl sites for hydroxylation is 1. The van der Waals surface area contributed by atoms with Gasteiger partial charge in [0.1, 0.15) is 0 Å². The third kappa shape index (κ3) is 3.66. The van der Waals surface area contributed by atoms with Crippen LogP contribution in [0.4, 0.5) is 5.69 Å². The molecule has 0 unspecified atom stereocenters. The summed E-state index contributed by atoms with van der Waals surface area (Å²) in [6.07, 6.45) is 5.57.